The van der Waals surface area contributed by atoms with E-state index in [2.05, 4.69) is 41.4 Å². The zero-order valence-electron chi connectivity index (χ0n) is 14.7. The van der Waals surface area contributed by atoms with Gasteiger partial charge >= 0.3 is 168 Å². The van der Waals surface area contributed by atoms with Crippen LogP contribution in [0.2, 0.25) is 0 Å². The van der Waals surface area contributed by atoms with Crippen LogP contribution in [0.5, 0.6) is 0 Å². The van der Waals surface area contributed by atoms with Crippen LogP contribution in [0.4, 0.5) is 0 Å². The van der Waals surface area contributed by atoms with Crippen molar-refractivity contribution in [2.75, 3.05) is 13.2 Å². The number of carbonyl (C=O) groups excluding carboxylic acids is 1. The SMILES string of the molecule is CCOC(=O)/C(=C\[Se]c1ccccc1)[C@@H]1CCO[C@H]1[Se]c1ccccc1. The Morgan fingerprint density at radius 1 is 1.12 bits per heavy atom. The molecule has 0 radical (unpaired) electrons. The number of rotatable bonds is 7. The summed E-state index contributed by atoms with van der Waals surface area (Å²) >= 11 is 0.282. The summed E-state index contributed by atoms with van der Waals surface area (Å²) in [5, 5.41) is 0.0899. The first-order chi connectivity index (χ1) is 12.8. The van der Waals surface area contributed by atoms with Crippen LogP contribution in [0.3, 0.4) is 0 Å². The molecule has 0 aliphatic carbocycles. The van der Waals surface area contributed by atoms with E-state index in [1.54, 1.807) is 0 Å². The predicted molar refractivity (Wildman–Crippen MR) is 106 cm³/mol. The van der Waals surface area contributed by atoms with Crippen molar-refractivity contribution in [1.29, 1.82) is 0 Å². The molecular formula is C21H22O3Se2. The fraction of sp³-hybridized carbons (Fsp3) is 0.286. The van der Waals surface area contributed by atoms with Crippen molar-refractivity contribution >= 4 is 44.8 Å². The molecule has 2 atom stereocenters. The Kier molecular flexibility index (Phi) is 7.54. The molecule has 1 aliphatic rings. The molecule has 0 bridgehead atoms. The number of ether oxygens (including phenoxy) is 2. The maximum absolute atomic E-state index is 12.6. The van der Waals surface area contributed by atoms with Crippen molar-refractivity contribution in [3.05, 3.63) is 71.2 Å². The van der Waals surface area contributed by atoms with Crippen molar-refractivity contribution in [3.8, 4) is 0 Å². The number of benzene rings is 2. The number of hydrogen-bond acceptors (Lipinski definition) is 3. The molecule has 0 spiro atoms. The molecule has 1 saturated heterocycles. The van der Waals surface area contributed by atoms with Crippen LogP contribution < -0.4 is 8.92 Å². The van der Waals surface area contributed by atoms with Crippen LogP contribution in [0.25, 0.3) is 0 Å². The molecule has 1 aliphatic heterocycles. The molecule has 0 aromatic heterocycles. The molecular weight excluding hydrogens is 458 g/mol. The Balaban J connectivity index is 1.79. The molecule has 5 heteroatoms. The zero-order chi connectivity index (χ0) is 18.2. The van der Waals surface area contributed by atoms with Crippen LogP contribution in [0, 0.1) is 5.92 Å². The first kappa shape index (κ1) is 19.4. The fourth-order valence-corrected chi connectivity index (χ4v) is 7.03. The number of hydrogen-bond donors (Lipinski definition) is 0. The summed E-state index contributed by atoms with van der Waals surface area (Å²) in [6.45, 7) is 2.96. The Morgan fingerprint density at radius 3 is 2.42 bits per heavy atom. The fourth-order valence-electron chi connectivity index (χ4n) is 2.75. The number of esters is 1. The van der Waals surface area contributed by atoms with Crippen molar-refractivity contribution in [2.24, 2.45) is 5.92 Å². The summed E-state index contributed by atoms with van der Waals surface area (Å²) in [6.07, 6.45) is 0.884. The van der Waals surface area contributed by atoms with Gasteiger partial charge in [0.2, 0.25) is 0 Å². The quantitative estimate of drug-likeness (QED) is 0.345. The second kappa shape index (κ2) is 10.1. The molecule has 2 aromatic rings. The Hall–Kier alpha value is -1.35. The van der Waals surface area contributed by atoms with E-state index in [4.69, 9.17) is 9.47 Å². The van der Waals surface area contributed by atoms with Gasteiger partial charge in [-0.15, -0.1) is 0 Å². The van der Waals surface area contributed by atoms with Gasteiger partial charge in [-0.3, -0.25) is 0 Å². The molecule has 2 aromatic carbocycles. The summed E-state index contributed by atoms with van der Waals surface area (Å²) < 4.78 is 13.9. The molecule has 1 heterocycles. The van der Waals surface area contributed by atoms with E-state index in [0.717, 1.165) is 12.0 Å². The van der Waals surface area contributed by atoms with Gasteiger partial charge in [-0.1, -0.05) is 0 Å². The van der Waals surface area contributed by atoms with E-state index < -0.39 is 0 Å². The van der Waals surface area contributed by atoms with Crippen molar-refractivity contribution < 1.29 is 14.3 Å². The van der Waals surface area contributed by atoms with E-state index in [0.29, 0.717) is 13.2 Å². The van der Waals surface area contributed by atoms with Crippen LogP contribution >= 0.6 is 0 Å². The van der Waals surface area contributed by atoms with Gasteiger partial charge in [-0.05, 0) is 0 Å². The average Bonchev–Trinajstić information content (AvgIpc) is 3.12. The molecule has 0 unspecified atom stereocenters. The molecule has 0 saturated carbocycles. The van der Waals surface area contributed by atoms with E-state index in [1.807, 2.05) is 31.2 Å². The Labute approximate surface area is 167 Å². The zero-order valence-corrected chi connectivity index (χ0v) is 18.1. The van der Waals surface area contributed by atoms with E-state index in [9.17, 15) is 4.79 Å². The van der Waals surface area contributed by atoms with Gasteiger partial charge in [0.05, 0.1) is 0 Å². The molecule has 26 heavy (non-hydrogen) atoms. The third-order valence-electron chi connectivity index (χ3n) is 4.01. The van der Waals surface area contributed by atoms with Crippen molar-refractivity contribution in [1.82, 2.24) is 0 Å². The molecule has 0 N–H and O–H groups in total. The first-order valence-corrected chi connectivity index (χ1v) is 12.4. The van der Waals surface area contributed by atoms with E-state index in [1.165, 1.54) is 8.92 Å². The van der Waals surface area contributed by atoms with Gasteiger partial charge in [0.15, 0.2) is 0 Å². The third kappa shape index (κ3) is 5.32. The molecule has 0 amide bonds. The van der Waals surface area contributed by atoms with Crippen LogP contribution in [-0.2, 0) is 14.3 Å². The summed E-state index contributed by atoms with van der Waals surface area (Å²) in [7, 11) is 0. The van der Waals surface area contributed by atoms with Crippen molar-refractivity contribution in [3.63, 3.8) is 0 Å². The summed E-state index contributed by atoms with van der Waals surface area (Å²) in [4.78, 5) is 14.7. The third-order valence-corrected chi connectivity index (χ3v) is 8.54. The minimum atomic E-state index is -0.185. The van der Waals surface area contributed by atoms with Gasteiger partial charge in [0.25, 0.3) is 0 Å². The van der Waals surface area contributed by atoms with E-state index in [-0.39, 0.29) is 46.8 Å². The molecule has 136 valence electrons. The summed E-state index contributed by atoms with van der Waals surface area (Å²) in [5.41, 5.74) is 0.802. The van der Waals surface area contributed by atoms with Gasteiger partial charge < -0.3 is 0 Å². The standard InChI is InChI=1S/C21H22O3Se2/c1-2-23-20(22)19(15-25-16-9-5-3-6-10-16)18-13-14-24-21(18)26-17-11-7-4-8-12-17/h3-12,15,18,21H,2,13-14H2,1H3/b19-15-/t18-,21-/m0/s1. The van der Waals surface area contributed by atoms with E-state index >= 15 is 0 Å². The van der Waals surface area contributed by atoms with Gasteiger partial charge in [0.1, 0.15) is 0 Å². The van der Waals surface area contributed by atoms with Gasteiger partial charge in [-0.2, -0.15) is 0 Å². The summed E-state index contributed by atoms with van der Waals surface area (Å²) in [6, 6.07) is 20.7. The number of carbonyl (C=O) groups is 1. The van der Waals surface area contributed by atoms with Crippen LogP contribution in [0.1, 0.15) is 13.3 Å². The monoisotopic (exact) mass is 482 g/mol. The van der Waals surface area contributed by atoms with Gasteiger partial charge in [-0.25, -0.2) is 0 Å². The summed E-state index contributed by atoms with van der Waals surface area (Å²) in [5.74, 6) is -0.0606. The first-order valence-electron chi connectivity index (χ1n) is 8.70. The average molecular weight is 480 g/mol. The van der Waals surface area contributed by atoms with Crippen molar-refractivity contribution in [2.45, 2.75) is 18.3 Å². The molecule has 1 fully saturated rings. The molecule has 3 rings (SSSR count). The normalized spacial score (nSPS) is 20.1. The minimum absolute atomic E-state index is 0.0899. The predicted octanol–water partition coefficient (Wildman–Crippen LogP) is 1.86. The Bertz CT molecular complexity index is 731. The van der Waals surface area contributed by atoms with Gasteiger partial charge in [0, 0.05) is 0 Å². The van der Waals surface area contributed by atoms with Crippen LogP contribution in [-0.4, -0.2) is 54.1 Å². The maximum atomic E-state index is 12.6. The second-order valence-electron chi connectivity index (χ2n) is 5.79. The second-order valence-corrected chi connectivity index (χ2v) is 10.2. The topological polar surface area (TPSA) is 35.5 Å². The Morgan fingerprint density at radius 2 is 1.77 bits per heavy atom. The molecule has 3 nitrogen and oxygen atoms in total. The van der Waals surface area contributed by atoms with Crippen LogP contribution in [0.15, 0.2) is 71.2 Å².